The van der Waals surface area contributed by atoms with E-state index in [2.05, 4.69) is 174 Å². The molecule has 2 aliphatic rings. The Kier molecular flexibility index (Phi) is 6.82. The van der Waals surface area contributed by atoms with Crippen LogP contribution in [0, 0.1) is 0 Å². The number of aryl methyl sites for hydroxylation is 1. The van der Waals surface area contributed by atoms with E-state index in [9.17, 15) is 0 Å². The van der Waals surface area contributed by atoms with Crippen LogP contribution in [0.4, 0.5) is 11.4 Å². The minimum Gasteiger partial charge on any atom is -0.466 e. The molecule has 0 saturated heterocycles. The molecule has 2 aromatic heterocycles. The summed E-state index contributed by atoms with van der Waals surface area (Å²) in [4.78, 5) is 2.55. The molecule has 0 unspecified atom stereocenters. The highest BCUT2D eigenvalue weighted by Gasteiger charge is 2.47. The van der Waals surface area contributed by atoms with E-state index in [1.54, 1.807) is 0 Å². The molecule has 0 saturated carbocycles. The molecule has 2 aliphatic heterocycles. The molecule has 0 spiro atoms. The predicted molar refractivity (Wildman–Crippen MR) is 224 cm³/mol. The van der Waals surface area contributed by atoms with Gasteiger partial charge in [0.1, 0.15) is 11.2 Å². The Balaban J connectivity index is 1.27. The first-order chi connectivity index (χ1) is 26.3. The Hall–Kier alpha value is -6.26. The van der Waals surface area contributed by atoms with Crippen LogP contribution in [0.25, 0.3) is 71.8 Å². The average molecular weight is 681 g/mol. The van der Waals surface area contributed by atoms with Gasteiger partial charge in [0.2, 0.25) is 0 Å². The summed E-state index contributed by atoms with van der Waals surface area (Å²) in [5.41, 5.74) is 17.9. The first-order valence-electron chi connectivity index (χ1n) is 19.0. The number of nitrogens with zero attached hydrogens (tertiary/aromatic N) is 2. The first-order valence-corrected chi connectivity index (χ1v) is 19.0. The smallest absolute Gasteiger partial charge is 0.375 e. The molecule has 0 fully saturated rings. The lowest BCUT2D eigenvalue weighted by atomic mass is 9.46. The summed E-state index contributed by atoms with van der Waals surface area (Å²) in [6.45, 7) is 2.10. The lowest BCUT2D eigenvalue weighted by molar-refractivity contribution is 0.648. The summed E-state index contributed by atoms with van der Waals surface area (Å²) in [5, 5.41) is 3.68. The van der Waals surface area contributed by atoms with Gasteiger partial charge in [-0.1, -0.05) is 135 Å². The molecule has 3 nitrogen and oxygen atoms in total. The highest BCUT2D eigenvalue weighted by molar-refractivity contribution is 6.93. The van der Waals surface area contributed by atoms with Gasteiger partial charge >= 0.3 is 6.85 Å². The minimum absolute atomic E-state index is 0.169. The molecule has 4 heteroatoms. The molecular weight excluding hydrogens is 643 g/mol. The van der Waals surface area contributed by atoms with Gasteiger partial charge in [-0.25, -0.2) is 0 Å². The Morgan fingerprint density at radius 1 is 0.585 bits per heavy atom. The van der Waals surface area contributed by atoms with Crippen molar-refractivity contribution >= 4 is 62.1 Å². The van der Waals surface area contributed by atoms with Crippen LogP contribution in [0.2, 0.25) is 0 Å². The number of hydrogen-bond donors (Lipinski definition) is 0. The van der Waals surface area contributed by atoms with Crippen LogP contribution in [0.3, 0.4) is 0 Å². The van der Waals surface area contributed by atoms with E-state index in [0.717, 1.165) is 28.7 Å². The zero-order valence-corrected chi connectivity index (χ0v) is 29.7. The fraction of sp³-hybridized carbons (Fsp3) is 0.102. The highest BCUT2D eigenvalue weighted by atomic mass is 16.3. The standard InChI is InChI=1S/C49H37BN2O/c1-2-3-6-15-32-24-27-36(28-25-32)52-43-23-14-11-20-37(43)40-31-39(34-18-9-5-10-19-34)45-38-21-12-13-22-42(38)51-47-41-30-35(33-16-7-4-8-17-33)26-29-44(41)53-49(47)50(52)46(40)48(45)51/h4-5,7-14,16-31H,2-3,6,15H2,1H3. The van der Waals surface area contributed by atoms with Crippen LogP contribution >= 0.6 is 0 Å². The van der Waals surface area contributed by atoms with Crippen molar-refractivity contribution in [1.29, 1.82) is 0 Å². The van der Waals surface area contributed by atoms with Crippen molar-refractivity contribution < 1.29 is 4.42 Å². The molecule has 7 aromatic carbocycles. The Labute approximate surface area is 309 Å². The summed E-state index contributed by atoms with van der Waals surface area (Å²) in [6.07, 6.45) is 4.82. The van der Waals surface area contributed by atoms with Gasteiger partial charge in [0, 0.05) is 33.1 Å². The third kappa shape index (κ3) is 4.48. The van der Waals surface area contributed by atoms with Crippen LogP contribution in [0.15, 0.2) is 162 Å². The first kappa shape index (κ1) is 30.4. The Bertz CT molecular complexity index is 2850. The SMILES string of the molecule is CCCCCc1ccc(N2B3c4oc5ccc(-c6ccccc6)cc5c4-n4c5ccccc5c5c(-c6ccccc6)cc(c3c54)-c3ccccc32)cc1. The second-order valence-corrected chi connectivity index (χ2v) is 14.6. The van der Waals surface area contributed by atoms with Gasteiger partial charge in [-0.15, -0.1) is 0 Å². The van der Waals surface area contributed by atoms with Crippen molar-refractivity contribution in [2.75, 3.05) is 4.81 Å². The van der Waals surface area contributed by atoms with Crippen LogP contribution in [0.1, 0.15) is 31.7 Å². The fourth-order valence-corrected chi connectivity index (χ4v) is 9.21. The van der Waals surface area contributed by atoms with Crippen molar-refractivity contribution in [1.82, 2.24) is 4.57 Å². The maximum Gasteiger partial charge on any atom is 0.375 e. The Morgan fingerprint density at radius 3 is 2.13 bits per heavy atom. The third-order valence-electron chi connectivity index (χ3n) is 11.6. The number of para-hydroxylation sites is 2. The van der Waals surface area contributed by atoms with Crippen LogP contribution in [-0.4, -0.2) is 11.4 Å². The lowest BCUT2D eigenvalue weighted by Crippen LogP contribution is -2.60. The number of fused-ring (bicyclic) bond motifs is 10. The molecule has 0 aliphatic carbocycles. The monoisotopic (exact) mass is 680 g/mol. The molecule has 4 heterocycles. The molecule has 252 valence electrons. The van der Waals surface area contributed by atoms with Gasteiger partial charge in [0.25, 0.3) is 0 Å². The van der Waals surface area contributed by atoms with E-state index >= 15 is 0 Å². The summed E-state index contributed by atoms with van der Waals surface area (Å²) < 4.78 is 9.72. The largest absolute Gasteiger partial charge is 0.466 e. The van der Waals surface area contributed by atoms with Crippen molar-refractivity contribution in [3.8, 4) is 39.1 Å². The second kappa shape index (κ2) is 11.9. The quantitative estimate of drug-likeness (QED) is 0.123. The van der Waals surface area contributed by atoms with Crippen molar-refractivity contribution in [3.63, 3.8) is 0 Å². The van der Waals surface area contributed by atoms with Crippen LogP contribution < -0.4 is 15.9 Å². The molecule has 53 heavy (non-hydrogen) atoms. The fourth-order valence-electron chi connectivity index (χ4n) is 9.21. The second-order valence-electron chi connectivity index (χ2n) is 14.6. The molecule has 0 N–H and O–H groups in total. The number of anilines is 2. The number of hydrogen-bond acceptors (Lipinski definition) is 2. The molecule has 0 radical (unpaired) electrons. The summed E-state index contributed by atoms with van der Waals surface area (Å²) >= 11 is 0. The van der Waals surface area contributed by atoms with Crippen LogP contribution in [0.5, 0.6) is 0 Å². The van der Waals surface area contributed by atoms with Gasteiger partial charge in [-0.05, 0) is 94.1 Å². The number of furan rings is 1. The van der Waals surface area contributed by atoms with E-state index in [1.165, 1.54) is 96.9 Å². The number of aromatic nitrogens is 1. The van der Waals surface area contributed by atoms with Crippen LogP contribution in [-0.2, 0) is 6.42 Å². The third-order valence-corrected chi connectivity index (χ3v) is 11.6. The van der Waals surface area contributed by atoms with E-state index < -0.39 is 0 Å². The van der Waals surface area contributed by atoms with Gasteiger partial charge in [-0.2, -0.15) is 0 Å². The maximum absolute atomic E-state index is 7.19. The number of benzene rings is 7. The summed E-state index contributed by atoms with van der Waals surface area (Å²) in [5.74, 6) is 0. The van der Waals surface area contributed by atoms with Crippen molar-refractivity contribution in [2.45, 2.75) is 32.6 Å². The summed E-state index contributed by atoms with van der Waals surface area (Å²) in [6, 6.07) is 58.0. The average Bonchev–Trinajstić information content (AvgIpc) is 3.77. The highest BCUT2D eigenvalue weighted by Crippen LogP contribution is 2.49. The molecule has 0 bridgehead atoms. The maximum atomic E-state index is 7.19. The Morgan fingerprint density at radius 2 is 1.32 bits per heavy atom. The van der Waals surface area contributed by atoms with Gasteiger partial charge in [-0.3, -0.25) is 0 Å². The molecule has 11 rings (SSSR count). The predicted octanol–water partition coefficient (Wildman–Crippen LogP) is 11.8. The normalized spacial score (nSPS) is 12.8. The molecule has 0 amide bonds. The summed E-state index contributed by atoms with van der Waals surface area (Å²) in [7, 11) is 0. The van der Waals surface area contributed by atoms with Crippen molar-refractivity contribution in [3.05, 3.63) is 163 Å². The zero-order chi connectivity index (χ0) is 35.0. The van der Waals surface area contributed by atoms with Crippen molar-refractivity contribution in [2.24, 2.45) is 0 Å². The van der Waals surface area contributed by atoms with E-state index in [1.807, 2.05) is 0 Å². The van der Waals surface area contributed by atoms with Gasteiger partial charge in [0.05, 0.1) is 16.7 Å². The number of unbranched alkanes of at least 4 members (excludes halogenated alkanes) is 2. The topological polar surface area (TPSA) is 21.3 Å². The number of rotatable bonds is 7. The molecular formula is C49H37BN2O. The molecule has 0 atom stereocenters. The minimum atomic E-state index is -0.169. The van der Waals surface area contributed by atoms with Gasteiger partial charge < -0.3 is 13.8 Å². The lowest BCUT2D eigenvalue weighted by Gasteiger charge is -2.40. The van der Waals surface area contributed by atoms with E-state index in [0.29, 0.717) is 0 Å². The van der Waals surface area contributed by atoms with E-state index in [4.69, 9.17) is 4.42 Å². The van der Waals surface area contributed by atoms with E-state index in [-0.39, 0.29) is 6.85 Å². The zero-order valence-electron chi connectivity index (χ0n) is 29.7. The van der Waals surface area contributed by atoms with Gasteiger partial charge in [0.15, 0.2) is 0 Å². The molecule has 9 aromatic rings.